The summed E-state index contributed by atoms with van der Waals surface area (Å²) in [5.74, 6) is 1.30. The van der Waals surface area contributed by atoms with Crippen molar-refractivity contribution in [2.24, 2.45) is 0 Å². The number of aromatic nitrogens is 1. The largest absolute Gasteiger partial charge is 0.493 e. The minimum atomic E-state index is -0.213. The number of fused-ring (bicyclic) bond motifs is 1. The molecule has 5 nitrogen and oxygen atoms in total. The second kappa shape index (κ2) is 7.95. The van der Waals surface area contributed by atoms with Gasteiger partial charge in [0.15, 0.2) is 11.5 Å². The predicted molar refractivity (Wildman–Crippen MR) is 112 cm³/mol. The van der Waals surface area contributed by atoms with Gasteiger partial charge >= 0.3 is 0 Å². The number of benzene rings is 2. The van der Waals surface area contributed by atoms with E-state index in [-0.39, 0.29) is 11.9 Å². The Labute approximate surface area is 170 Å². The lowest BCUT2D eigenvalue weighted by atomic mass is 9.87. The van der Waals surface area contributed by atoms with Crippen LogP contribution in [-0.4, -0.2) is 36.6 Å². The standard InChI is InChI=1S/C24H24N2O3/c1-16-8-7-11-20(25-16)24(27)26-13-12-18-14-21(28-2)22(29-3)15-19(18)23(26)17-9-5-4-6-10-17/h4-11,14-15,23H,12-13H2,1-3H3. The Morgan fingerprint density at radius 2 is 1.72 bits per heavy atom. The summed E-state index contributed by atoms with van der Waals surface area (Å²) in [7, 11) is 3.27. The first kappa shape index (κ1) is 19.0. The van der Waals surface area contributed by atoms with Crippen molar-refractivity contribution in [3.63, 3.8) is 0 Å². The van der Waals surface area contributed by atoms with Gasteiger partial charge in [0.25, 0.3) is 5.91 Å². The fraction of sp³-hybridized carbons (Fsp3) is 0.250. The Balaban J connectivity index is 1.84. The van der Waals surface area contributed by atoms with Gasteiger partial charge in [0.1, 0.15) is 5.69 Å². The van der Waals surface area contributed by atoms with Crippen LogP contribution in [-0.2, 0) is 6.42 Å². The smallest absolute Gasteiger partial charge is 0.273 e. The van der Waals surface area contributed by atoms with Crippen molar-refractivity contribution < 1.29 is 14.3 Å². The summed E-state index contributed by atoms with van der Waals surface area (Å²) in [6.45, 7) is 2.50. The molecule has 29 heavy (non-hydrogen) atoms. The van der Waals surface area contributed by atoms with Crippen LogP contribution < -0.4 is 9.47 Å². The van der Waals surface area contributed by atoms with Gasteiger partial charge in [0, 0.05) is 12.2 Å². The van der Waals surface area contributed by atoms with E-state index in [9.17, 15) is 4.79 Å². The van der Waals surface area contributed by atoms with Gasteiger partial charge in [0.2, 0.25) is 0 Å². The first-order valence-electron chi connectivity index (χ1n) is 9.66. The number of carbonyl (C=O) groups excluding carboxylic acids is 1. The molecule has 5 heteroatoms. The zero-order valence-electron chi connectivity index (χ0n) is 16.9. The monoisotopic (exact) mass is 388 g/mol. The predicted octanol–water partition coefficient (Wildman–Crippen LogP) is 4.20. The number of aryl methyl sites for hydroxylation is 1. The number of amides is 1. The van der Waals surface area contributed by atoms with E-state index in [1.807, 2.05) is 54.3 Å². The summed E-state index contributed by atoms with van der Waals surface area (Å²) < 4.78 is 11.0. The Morgan fingerprint density at radius 1 is 1.00 bits per heavy atom. The van der Waals surface area contributed by atoms with Gasteiger partial charge in [-0.05, 0) is 54.3 Å². The topological polar surface area (TPSA) is 51.7 Å². The highest BCUT2D eigenvalue weighted by atomic mass is 16.5. The normalized spacial score (nSPS) is 15.6. The number of pyridine rings is 1. The first-order chi connectivity index (χ1) is 14.1. The van der Waals surface area contributed by atoms with Crippen molar-refractivity contribution in [2.75, 3.05) is 20.8 Å². The second-order valence-electron chi connectivity index (χ2n) is 7.13. The van der Waals surface area contributed by atoms with E-state index in [0.29, 0.717) is 23.7 Å². The number of rotatable bonds is 4. The summed E-state index contributed by atoms with van der Waals surface area (Å²) >= 11 is 0. The van der Waals surface area contributed by atoms with E-state index in [2.05, 4.69) is 17.1 Å². The molecule has 1 unspecified atom stereocenters. The van der Waals surface area contributed by atoms with Gasteiger partial charge in [-0.15, -0.1) is 0 Å². The van der Waals surface area contributed by atoms with E-state index >= 15 is 0 Å². The average Bonchev–Trinajstić information content (AvgIpc) is 2.77. The third-order valence-electron chi connectivity index (χ3n) is 5.36. The minimum absolute atomic E-state index is 0.0667. The highest BCUT2D eigenvalue weighted by Gasteiger charge is 2.34. The number of ether oxygens (including phenoxy) is 2. The molecule has 3 aromatic rings. The van der Waals surface area contributed by atoms with Crippen molar-refractivity contribution >= 4 is 5.91 Å². The Morgan fingerprint density at radius 3 is 2.41 bits per heavy atom. The molecule has 0 saturated heterocycles. The fourth-order valence-electron chi connectivity index (χ4n) is 3.97. The van der Waals surface area contributed by atoms with Gasteiger partial charge in [0.05, 0.1) is 20.3 Å². The molecule has 2 aromatic carbocycles. The highest BCUT2D eigenvalue weighted by Crippen LogP contribution is 2.41. The van der Waals surface area contributed by atoms with Crippen molar-refractivity contribution in [2.45, 2.75) is 19.4 Å². The summed E-state index contributed by atoms with van der Waals surface area (Å²) in [6, 6.07) is 19.4. The molecule has 0 bridgehead atoms. The maximum Gasteiger partial charge on any atom is 0.273 e. The second-order valence-corrected chi connectivity index (χ2v) is 7.13. The Hall–Kier alpha value is -3.34. The van der Waals surface area contributed by atoms with Crippen LogP contribution in [0.5, 0.6) is 11.5 Å². The van der Waals surface area contributed by atoms with E-state index in [1.54, 1.807) is 20.3 Å². The zero-order chi connectivity index (χ0) is 20.4. The lowest BCUT2D eigenvalue weighted by Crippen LogP contribution is -2.41. The molecule has 2 heterocycles. The number of carbonyl (C=O) groups is 1. The molecule has 1 atom stereocenters. The van der Waals surface area contributed by atoms with Crippen LogP contribution in [0.3, 0.4) is 0 Å². The lowest BCUT2D eigenvalue weighted by Gasteiger charge is -2.38. The van der Waals surface area contributed by atoms with E-state index < -0.39 is 0 Å². The SMILES string of the molecule is COc1cc2c(cc1OC)C(c1ccccc1)N(C(=O)c1cccc(C)n1)CC2. The van der Waals surface area contributed by atoms with Crippen LogP contribution in [0.2, 0.25) is 0 Å². The Kier molecular flexibility index (Phi) is 5.21. The molecule has 1 aliphatic heterocycles. The maximum absolute atomic E-state index is 13.4. The molecule has 0 radical (unpaired) electrons. The molecule has 0 aliphatic carbocycles. The molecular weight excluding hydrogens is 364 g/mol. The van der Waals surface area contributed by atoms with E-state index in [0.717, 1.165) is 28.8 Å². The number of hydrogen-bond donors (Lipinski definition) is 0. The molecule has 1 aromatic heterocycles. The molecule has 4 rings (SSSR count). The zero-order valence-corrected chi connectivity index (χ0v) is 16.9. The van der Waals surface area contributed by atoms with Gasteiger partial charge < -0.3 is 14.4 Å². The summed E-state index contributed by atoms with van der Waals surface area (Å²) in [4.78, 5) is 19.8. The van der Waals surface area contributed by atoms with Crippen LogP contribution in [0.15, 0.2) is 60.7 Å². The van der Waals surface area contributed by atoms with Crippen molar-refractivity contribution in [3.05, 3.63) is 88.7 Å². The van der Waals surface area contributed by atoms with Crippen molar-refractivity contribution in [1.82, 2.24) is 9.88 Å². The van der Waals surface area contributed by atoms with Gasteiger partial charge in [-0.3, -0.25) is 4.79 Å². The van der Waals surface area contributed by atoms with Crippen molar-refractivity contribution in [1.29, 1.82) is 0 Å². The molecule has 0 spiro atoms. The number of methoxy groups -OCH3 is 2. The molecule has 1 amide bonds. The lowest BCUT2D eigenvalue weighted by molar-refractivity contribution is 0.0688. The van der Waals surface area contributed by atoms with Gasteiger partial charge in [-0.1, -0.05) is 36.4 Å². The fourth-order valence-corrected chi connectivity index (χ4v) is 3.97. The van der Waals surface area contributed by atoms with Crippen molar-refractivity contribution in [3.8, 4) is 11.5 Å². The van der Waals surface area contributed by atoms with Crippen LogP contribution >= 0.6 is 0 Å². The van der Waals surface area contributed by atoms with Crippen LogP contribution in [0.1, 0.15) is 38.9 Å². The van der Waals surface area contributed by atoms with Crippen LogP contribution in [0, 0.1) is 6.92 Å². The Bertz CT molecular complexity index is 1030. The van der Waals surface area contributed by atoms with E-state index in [1.165, 1.54) is 0 Å². The van der Waals surface area contributed by atoms with Gasteiger partial charge in [-0.25, -0.2) is 4.98 Å². The molecule has 148 valence electrons. The summed E-state index contributed by atoms with van der Waals surface area (Å²) in [5, 5.41) is 0. The first-order valence-corrected chi connectivity index (χ1v) is 9.66. The summed E-state index contributed by atoms with van der Waals surface area (Å²) in [6.07, 6.45) is 0.747. The maximum atomic E-state index is 13.4. The van der Waals surface area contributed by atoms with Crippen LogP contribution in [0.4, 0.5) is 0 Å². The van der Waals surface area contributed by atoms with Crippen LogP contribution in [0.25, 0.3) is 0 Å². The molecule has 0 saturated carbocycles. The number of nitrogens with zero attached hydrogens (tertiary/aromatic N) is 2. The molecule has 1 aliphatic rings. The molecular formula is C24H24N2O3. The third-order valence-corrected chi connectivity index (χ3v) is 5.36. The molecule has 0 N–H and O–H groups in total. The quantitative estimate of drug-likeness (QED) is 0.672. The number of hydrogen-bond acceptors (Lipinski definition) is 4. The highest BCUT2D eigenvalue weighted by molar-refractivity contribution is 5.93. The minimum Gasteiger partial charge on any atom is -0.493 e. The van der Waals surface area contributed by atoms with Gasteiger partial charge in [-0.2, -0.15) is 0 Å². The van der Waals surface area contributed by atoms with E-state index in [4.69, 9.17) is 9.47 Å². The molecule has 0 fully saturated rings. The average molecular weight is 388 g/mol. The summed E-state index contributed by atoms with van der Waals surface area (Å²) in [5.41, 5.74) is 4.58. The third kappa shape index (κ3) is 3.56.